The third-order valence-corrected chi connectivity index (χ3v) is 6.13. The highest BCUT2D eigenvalue weighted by Crippen LogP contribution is 2.42. The molecule has 0 amide bonds. The Morgan fingerprint density at radius 2 is 1.05 bits per heavy atom. The second kappa shape index (κ2) is 6.64. The molecule has 2 nitrogen and oxygen atoms in total. The first-order valence-corrected chi connectivity index (χ1v) is 8.66. The predicted octanol–water partition coefficient (Wildman–Crippen LogP) is 3.73. The summed E-state index contributed by atoms with van der Waals surface area (Å²) in [6, 6.07) is 25.0. The molecule has 0 aliphatic rings. The van der Waals surface area contributed by atoms with E-state index in [4.69, 9.17) is 0 Å². The summed E-state index contributed by atoms with van der Waals surface area (Å²) < 4.78 is 0. The molecule has 0 spiro atoms. The molecule has 0 unspecified atom stereocenters. The van der Waals surface area contributed by atoms with Crippen molar-refractivity contribution in [1.29, 1.82) is 0 Å². The molecule has 0 fully saturated rings. The molecule has 3 heteroatoms. The van der Waals surface area contributed by atoms with E-state index in [9.17, 15) is 10.2 Å². The molecule has 0 heterocycles. The molecular weight excluding hydrogens is 291 g/mol. The Bertz CT molecular complexity index is 711. The van der Waals surface area contributed by atoms with Crippen molar-refractivity contribution in [1.82, 2.24) is 0 Å². The molecule has 0 saturated carbocycles. The average Bonchev–Trinajstić information content (AvgIpc) is 2.55. The van der Waals surface area contributed by atoms with Gasteiger partial charge in [0.05, 0.1) is 0 Å². The molecule has 0 bridgehead atoms. The zero-order valence-electron chi connectivity index (χ0n) is 12.1. The van der Waals surface area contributed by atoms with E-state index in [1.54, 1.807) is 12.1 Å². The van der Waals surface area contributed by atoms with Crippen LogP contribution < -0.4 is 10.6 Å². The number of para-hydroxylation sites is 2. The lowest BCUT2D eigenvalue weighted by Gasteiger charge is -2.20. The van der Waals surface area contributed by atoms with E-state index in [2.05, 4.69) is 12.1 Å². The monoisotopic (exact) mass is 308 g/mol. The molecule has 3 rings (SSSR count). The van der Waals surface area contributed by atoms with E-state index in [-0.39, 0.29) is 11.5 Å². The predicted molar refractivity (Wildman–Crippen MR) is 92.5 cm³/mol. The fraction of sp³-hybridized carbons (Fsp3) is 0.0526. The van der Waals surface area contributed by atoms with Crippen molar-refractivity contribution in [3.8, 4) is 11.5 Å². The fourth-order valence-corrected chi connectivity index (χ4v) is 4.86. The molecule has 0 atom stereocenters. The summed E-state index contributed by atoms with van der Waals surface area (Å²) in [5.74, 6) is 0.570. The summed E-state index contributed by atoms with van der Waals surface area (Å²) in [6.07, 6.45) is 0.783. The Hall–Kier alpha value is -2.31. The van der Waals surface area contributed by atoms with Crippen molar-refractivity contribution in [3.05, 3.63) is 84.4 Å². The smallest absolute Gasteiger partial charge is 0.123 e. The number of benzene rings is 3. The maximum Gasteiger partial charge on any atom is 0.123 e. The summed E-state index contributed by atoms with van der Waals surface area (Å²) in [6.45, 7) is 0. The van der Waals surface area contributed by atoms with Gasteiger partial charge in [0.15, 0.2) is 0 Å². The van der Waals surface area contributed by atoms with Gasteiger partial charge < -0.3 is 10.2 Å². The van der Waals surface area contributed by atoms with Crippen LogP contribution in [0.15, 0.2) is 78.9 Å². The highest BCUT2D eigenvalue weighted by atomic mass is 31.1. The molecule has 2 N–H and O–H groups in total. The van der Waals surface area contributed by atoms with Crippen molar-refractivity contribution in [2.75, 3.05) is 0 Å². The summed E-state index contributed by atoms with van der Waals surface area (Å²) in [5, 5.41) is 22.3. The lowest BCUT2D eigenvalue weighted by molar-refractivity contribution is 0.479. The number of hydrogen-bond acceptors (Lipinski definition) is 2. The molecule has 0 aromatic heterocycles. The molecule has 0 aliphatic heterocycles. The summed E-state index contributed by atoms with van der Waals surface area (Å²) in [5.41, 5.74) is 1.19. The first-order valence-electron chi connectivity index (χ1n) is 7.13. The second-order valence-corrected chi connectivity index (χ2v) is 7.19. The Kier molecular flexibility index (Phi) is 4.41. The third kappa shape index (κ3) is 3.13. The van der Waals surface area contributed by atoms with Gasteiger partial charge in [-0.1, -0.05) is 66.7 Å². The van der Waals surface area contributed by atoms with Crippen LogP contribution in [-0.2, 0) is 6.16 Å². The summed E-state index contributed by atoms with van der Waals surface area (Å²) in [4.78, 5) is 0. The van der Waals surface area contributed by atoms with E-state index in [0.29, 0.717) is 0 Å². The topological polar surface area (TPSA) is 40.5 Å². The highest BCUT2D eigenvalue weighted by Gasteiger charge is 2.20. The molecule has 3 aromatic carbocycles. The van der Waals surface area contributed by atoms with Crippen LogP contribution in [0.5, 0.6) is 11.5 Å². The van der Waals surface area contributed by atoms with Gasteiger partial charge in [-0.3, -0.25) is 0 Å². The van der Waals surface area contributed by atoms with E-state index in [1.165, 1.54) is 5.56 Å². The number of hydrogen-bond donors (Lipinski definition) is 2. The van der Waals surface area contributed by atoms with Crippen LogP contribution in [0.1, 0.15) is 5.56 Å². The maximum absolute atomic E-state index is 10.2. The van der Waals surface area contributed by atoms with Crippen molar-refractivity contribution < 1.29 is 10.2 Å². The summed E-state index contributed by atoms with van der Waals surface area (Å²) in [7, 11) is -0.869. The largest absolute Gasteiger partial charge is 0.507 e. The van der Waals surface area contributed by atoms with Crippen LogP contribution >= 0.6 is 7.92 Å². The van der Waals surface area contributed by atoms with Gasteiger partial charge in [0.25, 0.3) is 0 Å². The van der Waals surface area contributed by atoms with Crippen molar-refractivity contribution in [3.63, 3.8) is 0 Å². The van der Waals surface area contributed by atoms with Crippen molar-refractivity contribution in [2.45, 2.75) is 6.16 Å². The van der Waals surface area contributed by atoms with Gasteiger partial charge in [0.1, 0.15) is 11.5 Å². The molecule has 110 valence electrons. The van der Waals surface area contributed by atoms with Gasteiger partial charge in [0, 0.05) is 16.8 Å². The van der Waals surface area contributed by atoms with Gasteiger partial charge in [-0.05, 0) is 25.6 Å². The molecule has 0 saturated heterocycles. The molecular formula is C19H17O2P. The minimum Gasteiger partial charge on any atom is -0.507 e. The van der Waals surface area contributed by atoms with Gasteiger partial charge >= 0.3 is 0 Å². The Labute approximate surface area is 131 Å². The fourth-order valence-electron chi connectivity index (χ4n) is 2.45. The average molecular weight is 308 g/mol. The second-order valence-electron chi connectivity index (χ2n) is 5.05. The lowest BCUT2D eigenvalue weighted by atomic mass is 10.2. The standard InChI is InChI=1S/C19H17O2P/c20-16-10-4-6-12-18(16)22(14-15-8-2-1-3-9-15)19-13-7-5-11-17(19)21/h1-13,20-21H,14H2. The number of rotatable bonds is 4. The quantitative estimate of drug-likeness (QED) is 0.721. The minimum atomic E-state index is -0.869. The summed E-state index contributed by atoms with van der Waals surface area (Å²) >= 11 is 0. The van der Waals surface area contributed by atoms with E-state index >= 15 is 0 Å². The first kappa shape index (κ1) is 14.6. The molecule has 22 heavy (non-hydrogen) atoms. The van der Waals surface area contributed by atoms with Crippen molar-refractivity contribution in [2.24, 2.45) is 0 Å². The van der Waals surface area contributed by atoms with Gasteiger partial charge in [-0.2, -0.15) is 0 Å². The SMILES string of the molecule is Oc1ccccc1P(Cc1ccccc1)c1ccccc1O. The first-order chi connectivity index (χ1) is 10.8. The van der Waals surface area contributed by atoms with Gasteiger partial charge in [-0.15, -0.1) is 0 Å². The third-order valence-electron chi connectivity index (χ3n) is 3.53. The Morgan fingerprint density at radius 3 is 1.55 bits per heavy atom. The Balaban J connectivity index is 2.07. The van der Waals surface area contributed by atoms with E-state index < -0.39 is 7.92 Å². The van der Waals surface area contributed by atoms with Crippen LogP contribution in [0.4, 0.5) is 0 Å². The number of phenols is 2. The van der Waals surface area contributed by atoms with Crippen LogP contribution in [-0.4, -0.2) is 10.2 Å². The highest BCUT2D eigenvalue weighted by molar-refractivity contribution is 7.72. The number of aromatic hydroxyl groups is 2. The van der Waals surface area contributed by atoms with Crippen LogP contribution in [0.2, 0.25) is 0 Å². The lowest BCUT2D eigenvalue weighted by Crippen LogP contribution is -2.14. The van der Waals surface area contributed by atoms with E-state index in [0.717, 1.165) is 16.8 Å². The minimum absolute atomic E-state index is 0.285. The Morgan fingerprint density at radius 1 is 0.591 bits per heavy atom. The van der Waals surface area contributed by atoms with Crippen LogP contribution in [0, 0.1) is 0 Å². The molecule has 3 aromatic rings. The molecule has 0 aliphatic carbocycles. The maximum atomic E-state index is 10.2. The zero-order chi connectivity index (χ0) is 15.4. The van der Waals surface area contributed by atoms with Gasteiger partial charge in [0.2, 0.25) is 0 Å². The van der Waals surface area contributed by atoms with Crippen LogP contribution in [0.25, 0.3) is 0 Å². The normalized spacial score (nSPS) is 10.8. The van der Waals surface area contributed by atoms with Gasteiger partial charge in [-0.25, -0.2) is 0 Å². The van der Waals surface area contributed by atoms with E-state index in [1.807, 2.05) is 54.6 Å². The van der Waals surface area contributed by atoms with Crippen LogP contribution in [0.3, 0.4) is 0 Å². The number of phenolic OH excluding ortho intramolecular Hbond substituents is 2. The molecule has 0 radical (unpaired) electrons. The van der Waals surface area contributed by atoms with Crippen molar-refractivity contribution >= 4 is 18.5 Å². The zero-order valence-corrected chi connectivity index (χ0v) is 12.9.